The van der Waals surface area contributed by atoms with E-state index in [9.17, 15) is 0 Å². The molecule has 0 radical (unpaired) electrons. The van der Waals surface area contributed by atoms with E-state index in [4.69, 9.17) is 18.6 Å². The van der Waals surface area contributed by atoms with Gasteiger partial charge in [0.05, 0.1) is 10.9 Å². The topological polar surface area (TPSA) is 68.8 Å². The number of hydrogen-bond donors (Lipinski definition) is 2. The Labute approximate surface area is 192 Å². The molecule has 0 saturated carbocycles. The van der Waals surface area contributed by atoms with Gasteiger partial charge in [0, 0.05) is 41.3 Å². The van der Waals surface area contributed by atoms with Crippen molar-refractivity contribution in [2.24, 2.45) is 0 Å². The third-order valence-electron chi connectivity index (χ3n) is 5.68. The number of fused-ring (bicyclic) bond motifs is 3. The highest BCUT2D eigenvalue weighted by atomic mass is 15.1. The number of hydrogen-bond acceptors (Lipinski definition) is 4. The van der Waals surface area contributed by atoms with E-state index in [1.165, 1.54) is 5.56 Å². The van der Waals surface area contributed by atoms with Crippen molar-refractivity contribution in [3.63, 3.8) is 0 Å². The molecule has 0 spiro atoms. The molecule has 5 heteroatoms. The van der Waals surface area contributed by atoms with Gasteiger partial charge < -0.3 is 15.6 Å². The molecule has 0 bridgehead atoms. The van der Waals surface area contributed by atoms with Gasteiger partial charge in [-0.2, -0.15) is 4.98 Å². The van der Waals surface area contributed by atoms with Gasteiger partial charge in [-0.25, -0.2) is 4.98 Å². The van der Waals surface area contributed by atoms with Crippen molar-refractivity contribution < 1.29 is 0 Å². The van der Waals surface area contributed by atoms with Crippen molar-refractivity contribution in [2.75, 3.05) is 11.1 Å². The average Bonchev–Trinajstić information content (AvgIpc) is 3.25. The quantitative estimate of drug-likeness (QED) is 0.396. The fourth-order valence-electron chi connectivity index (χ4n) is 4.00. The Hall–Kier alpha value is -4.74. The van der Waals surface area contributed by atoms with Crippen LogP contribution >= 0.6 is 0 Å². The van der Waals surface area contributed by atoms with Crippen LogP contribution in [0.25, 0.3) is 21.8 Å². The first-order valence-electron chi connectivity index (χ1n) is 10.5. The lowest BCUT2D eigenvalue weighted by molar-refractivity contribution is 0.837. The molecule has 33 heavy (non-hydrogen) atoms. The maximum absolute atomic E-state index is 6.00. The molecule has 3 N–H and O–H groups in total. The number of aromatic nitrogens is 3. The number of nitrogens with zero attached hydrogens (tertiary/aromatic N) is 3. The highest BCUT2D eigenvalue weighted by Gasteiger charge is 2.13. The molecule has 2 aromatic heterocycles. The molecule has 0 aliphatic carbocycles. The summed E-state index contributed by atoms with van der Waals surface area (Å²) in [6.45, 7) is 1.33. The molecule has 0 amide bonds. The second kappa shape index (κ2) is 8.42. The molecular weight excluding hydrogens is 406 g/mol. The lowest BCUT2D eigenvalue weighted by Gasteiger charge is -2.12. The standard InChI is InChI=1S/C28H21N5/c1-3-19-5-9-21(10-6-19)17-30-27-26-23-15-16-33(18-22-11-7-20(4-2)8-12-22)25(23)14-13-24(26)31-28(29)32-27/h1-2,5-16H,17-18H2,(H3,29,30,31,32). The Morgan fingerprint density at radius 1 is 0.818 bits per heavy atom. The Morgan fingerprint density at radius 2 is 1.48 bits per heavy atom. The molecule has 0 aliphatic rings. The lowest BCUT2D eigenvalue weighted by Crippen LogP contribution is -2.06. The average molecular weight is 428 g/mol. The zero-order valence-corrected chi connectivity index (χ0v) is 17.9. The number of benzene rings is 3. The fourth-order valence-corrected chi connectivity index (χ4v) is 4.00. The van der Waals surface area contributed by atoms with Gasteiger partial charge in [-0.3, -0.25) is 0 Å². The summed E-state index contributed by atoms with van der Waals surface area (Å²) in [5, 5.41) is 5.45. The third-order valence-corrected chi connectivity index (χ3v) is 5.68. The maximum Gasteiger partial charge on any atom is 0.222 e. The van der Waals surface area contributed by atoms with E-state index in [1.807, 2.05) is 42.5 Å². The molecule has 0 unspecified atom stereocenters. The van der Waals surface area contributed by atoms with Gasteiger partial charge in [0.25, 0.3) is 0 Å². The number of rotatable bonds is 5. The van der Waals surface area contributed by atoms with Crippen LogP contribution in [-0.2, 0) is 13.1 Å². The predicted molar refractivity (Wildman–Crippen MR) is 135 cm³/mol. The molecule has 158 valence electrons. The van der Waals surface area contributed by atoms with Gasteiger partial charge in [-0.1, -0.05) is 36.1 Å². The van der Waals surface area contributed by atoms with Crippen LogP contribution in [0.15, 0.2) is 72.9 Å². The summed E-state index contributed by atoms with van der Waals surface area (Å²) >= 11 is 0. The molecule has 2 heterocycles. The van der Waals surface area contributed by atoms with Crippen molar-refractivity contribution in [3.05, 3.63) is 95.2 Å². The highest BCUT2D eigenvalue weighted by Crippen LogP contribution is 2.31. The summed E-state index contributed by atoms with van der Waals surface area (Å²) < 4.78 is 2.21. The second-order valence-electron chi connectivity index (χ2n) is 7.80. The van der Waals surface area contributed by atoms with E-state index < -0.39 is 0 Å². The van der Waals surface area contributed by atoms with Gasteiger partial charge in [-0.15, -0.1) is 12.8 Å². The minimum atomic E-state index is 0.236. The number of anilines is 2. The molecule has 5 aromatic rings. The minimum absolute atomic E-state index is 0.236. The van der Waals surface area contributed by atoms with Crippen LogP contribution in [0.2, 0.25) is 0 Å². The van der Waals surface area contributed by atoms with Gasteiger partial charge in [0.15, 0.2) is 0 Å². The third kappa shape index (κ3) is 3.96. The molecule has 0 atom stereocenters. The number of nitrogen functional groups attached to an aromatic ring is 1. The fraction of sp³-hybridized carbons (Fsp3) is 0.0714. The van der Waals surface area contributed by atoms with Crippen molar-refractivity contribution in [2.45, 2.75) is 13.1 Å². The molecule has 5 rings (SSSR count). The zero-order chi connectivity index (χ0) is 22.8. The first kappa shape index (κ1) is 20.2. The predicted octanol–water partition coefficient (Wildman–Crippen LogP) is 4.79. The van der Waals surface area contributed by atoms with E-state index in [2.05, 4.69) is 62.2 Å². The van der Waals surface area contributed by atoms with Crippen LogP contribution in [0.1, 0.15) is 22.3 Å². The summed E-state index contributed by atoms with van der Waals surface area (Å²) in [6, 6.07) is 22.1. The maximum atomic E-state index is 6.00. The van der Waals surface area contributed by atoms with E-state index in [0.29, 0.717) is 12.4 Å². The molecule has 0 aliphatic heterocycles. The molecule has 5 nitrogen and oxygen atoms in total. The van der Waals surface area contributed by atoms with E-state index in [-0.39, 0.29) is 5.95 Å². The smallest absolute Gasteiger partial charge is 0.222 e. The Kier molecular flexibility index (Phi) is 5.15. The molecule has 0 fully saturated rings. The van der Waals surface area contributed by atoms with Crippen molar-refractivity contribution in [3.8, 4) is 24.7 Å². The second-order valence-corrected chi connectivity index (χ2v) is 7.80. The molecule has 0 saturated heterocycles. The van der Waals surface area contributed by atoms with Crippen LogP contribution in [0.4, 0.5) is 11.8 Å². The monoisotopic (exact) mass is 427 g/mol. The van der Waals surface area contributed by atoms with Gasteiger partial charge in [-0.05, 0) is 53.6 Å². The summed E-state index contributed by atoms with van der Waals surface area (Å²) in [7, 11) is 0. The summed E-state index contributed by atoms with van der Waals surface area (Å²) in [5.74, 6) is 6.24. The first-order chi connectivity index (χ1) is 16.1. The SMILES string of the molecule is C#Cc1ccc(CNc2nc(N)nc3ccc4c(ccn4Cc4ccc(C#C)cc4)c23)cc1. The van der Waals surface area contributed by atoms with E-state index in [0.717, 1.165) is 45.0 Å². The Bertz CT molecular complexity index is 1550. The Balaban J connectivity index is 1.51. The summed E-state index contributed by atoms with van der Waals surface area (Å²) in [4.78, 5) is 8.96. The van der Waals surface area contributed by atoms with Gasteiger partial charge >= 0.3 is 0 Å². The van der Waals surface area contributed by atoms with Crippen LogP contribution < -0.4 is 11.1 Å². The van der Waals surface area contributed by atoms with Crippen LogP contribution in [-0.4, -0.2) is 14.5 Å². The van der Waals surface area contributed by atoms with E-state index in [1.54, 1.807) is 0 Å². The minimum Gasteiger partial charge on any atom is -0.368 e. The van der Waals surface area contributed by atoms with Gasteiger partial charge in [0.2, 0.25) is 5.95 Å². The number of nitrogens with two attached hydrogens (primary N) is 1. The lowest BCUT2D eigenvalue weighted by atomic mass is 10.1. The molecule has 3 aromatic carbocycles. The van der Waals surface area contributed by atoms with Gasteiger partial charge in [0.1, 0.15) is 5.82 Å². The van der Waals surface area contributed by atoms with E-state index >= 15 is 0 Å². The van der Waals surface area contributed by atoms with Crippen LogP contribution in [0, 0.1) is 24.7 Å². The largest absolute Gasteiger partial charge is 0.368 e. The molecular formula is C28H21N5. The summed E-state index contributed by atoms with van der Waals surface area (Å²) in [6.07, 6.45) is 13.0. The van der Waals surface area contributed by atoms with Crippen LogP contribution in [0.5, 0.6) is 0 Å². The Morgan fingerprint density at radius 3 is 2.15 bits per heavy atom. The number of nitrogens with one attached hydrogen (secondary N) is 1. The number of terminal acetylenes is 2. The van der Waals surface area contributed by atoms with Crippen molar-refractivity contribution >= 4 is 33.6 Å². The van der Waals surface area contributed by atoms with Crippen LogP contribution in [0.3, 0.4) is 0 Å². The highest BCUT2D eigenvalue weighted by molar-refractivity contribution is 6.11. The normalized spacial score (nSPS) is 10.7. The first-order valence-corrected chi connectivity index (χ1v) is 10.5. The van der Waals surface area contributed by atoms with Crippen molar-refractivity contribution in [1.29, 1.82) is 0 Å². The summed E-state index contributed by atoms with van der Waals surface area (Å²) in [5.41, 5.74) is 11.9. The van der Waals surface area contributed by atoms with Crippen molar-refractivity contribution in [1.82, 2.24) is 14.5 Å². The zero-order valence-electron chi connectivity index (χ0n) is 17.9.